The second-order valence-corrected chi connectivity index (χ2v) is 3.09. The summed E-state index contributed by atoms with van der Waals surface area (Å²) >= 11 is 4.77. The minimum atomic E-state index is -4.90. The number of halogens is 7. The van der Waals surface area contributed by atoms with Crippen molar-refractivity contribution in [1.82, 2.24) is 0 Å². The Morgan fingerprint density at radius 1 is 0.824 bits per heavy atom. The summed E-state index contributed by atoms with van der Waals surface area (Å²) in [5.41, 5.74) is -3.56. The molecule has 0 unspecified atom stereocenters. The number of rotatable bonds is 1. The molecule has 0 heterocycles. The monoisotopic (exact) mass is 276 g/mol. The van der Waals surface area contributed by atoms with Gasteiger partial charge in [0.25, 0.3) is 0 Å². The van der Waals surface area contributed by atoms with Crippen molar-refractivity contribution in [2.75, 3.05) is 0 Å². The van der Waals surface area contributed by atoms with Crippen LogP contribution in [0, 0.1) is 0 Å². The predicted octanol–water partition coefficient (Wildman–Crippen LogP) is 4.96. The first-order chi connectivity index (χ1) is 7.64. The lowest BCUT2D eigenvalue weighted by Gasteiger charge is -2.11. The Labute approximate surface area is 96.0 Å². The quantitative estimate of drug-likeness (QED) is 0.511. The normalized spacial score (nSPS) is 13.4. The van der Waals surface area contributed by atoms with Gasteiger partial charge in [0.15, 0.2) is 0 Å². The Bertz CT molecular complexity index is 404. The third-order valence-corrected chi connectivity index (χ3v) is 1.80. The third-order valence-electron chi connectivity index (χ3n) is 1.73. The molecule has 0 aliphatic carbocycles. The highest BCUT2D eigenvalue weighted by Gasteiger charge is 2.36. The van der Waals surface area contributed by atoms with E-state index in [0.29, 0.717) is 12.1 Å². The van der Waals surface area contributed by atoms with Gasteiger partial charge in [-0.3, -0.25) is 0 Å². The van der Waals surface area contributed by atoms with Gasteiger partial charge < -0.3 is 0 Å². The molecular weight excluding hydrogens is 274 g/mol. The summed E-state index contributed by atoms with van der Waals surface area (Å²) in [4.78, 5) is 0. The van der Waals surface area contributed by atoms with Crippen LogP contribution in [0.2, 0.25) is 0 Å². The standard InChI is InChI=1S/C8H3ClF6N2/c9-17-16-6-2-4(7(10,11)12)1-5(3-6)8(13,14)15/h1-3H. The van der Waals surface area contributed by atoms with Crippen molar-refractivity contribution in [2.45, 2.75) is 12.4 Å². The topological polar surface area (TPSA) is 24.7 Å². The van der Waals surface area contributed by atoms with Crippen LogP contribution in [0.25, 0.3) is 0 Å². The van der Waals surface area contributed by atoms with E-state index in [9.17, 15) is 26.3 Å². The Balaban J connectivity index is 3.39. The Kier molecular flexibility index (Phi) is 3.65. The van der Waals surface area contributed by atoms with Crippen molar-refractivity contribution >= 4 is 17.5 Å². The van der Waals surface area contributed by atoms with Crippen molar-refractivity contribution < 1.29 is 26.3 Å². The molecule has 2 nitrogen and oxygen atoms in total. The first kappa shape index (κ1) is 13.8. The highest BCUT2D eigenvalue weighted by molar-refractivity contribution is 6.14. The second kappa shape index (κ2) is 4.52. The van der Waals surface area contributed by atoms with Gasteiger partial charge in [-0.05, 0) is 18.2 Å². The maximum absolute atomic E-state index is 12.3. The van der Waals surface area contributed by atoms with Gasteiger partial charge in [-0.1, -0.05) is 4.63 Å². The van der Waals surface area contributed by atoms with Gasteiger partial charge in [0, 0.05) is 0 Å². The fourth-order valence-electron chi connectivity index (χ4n) is 1.04. The number of hydrogen-bond donors (Lipinski definition) is 0. The van der Waals surface area contributed by atoms with Gasteiger partial charge in [0.2, 0.25) is 0 Å². The fraction of sp³-hybridized carbons (Fsp3) is 0.250. The first-order valence-corrected chi connectivity index (χ1v) is 4.30. The molecule has 0 fully saturated rings. The number of alkyl halides is 6. The minimum absolute atomic E-state index is 0.00670. The summed E-state index contributed by atoms with van der Waals surface area (Å²) in [6.07, 6.45) is -9.81. The molecule has 0 saturated carbocycles. The molecule has 94 valence electrons. The zero-order chi connectivity index (χ0) is 13.3. The maximum atomic E-state index is 12.3. The zero-order valence-electron chi connectivity index (χ0n) is 7.77. The molecule has 0 N–H and O–H groups in total. The summed E-state index contributed by atoms with van der Waals surface area (Å²) in [7, 11) is 0. The molecule has 1 rings (SSSR count). The largest absolute Gasteiger partial charge is 0.416 e. The average Bonchev–Trinajstić information content (AvgIpc) is 2.15. The van der Waals surface area contributed by atoms with Gasteiger partial charge in [-0.25, -0.2) is 0 Å². The third kappa shape index (κ3) is 3.58. The Hall–Kier alpha value is -1.31. The smallest absolute Gasteiger partial charge is 0.166 e. The molecule has 0 radical (unpaired) electrons. The Morgan fingerprint density at radius 3 is 1.53 bits per heavy atom. The lowest BCUT2D eigenvalue weighted by atomic mass is 10.1. The molecule has 9 heteroatoms. The van der Waals surface area contributed by atoms with Gasteiger partial charge in [0.1, 0.15) is 0 Å². The molecule has 1 aromatic carbocycles. The highest BCUT2D eigenvalue weighted by Crippen LogP contribution is 2.38. The van der Waals surface area contributed by atoms with Crippen molar-refractivity contribution in [3.05, 3.63) is 29.3 Å². The van der Waals surface area contributed by atoms with Crippen LogP contribution in [0.5, 0.6) is 0 Å². The van der Waals surface area contributed by atoms with E-state index in [4.69, 9.17) is 11.8 Å². The van der Waals surface area contributed by atoms with Crippen LogP contribution < -0.4 is 0 Å². The molecule has 0 bridgehead atoms. The van der Waals surface area contributed by atoms with Crippen LogP contribution in [0.3, 0.4) is 0 Å². The molecule has 0 spiro atoms. The first-order valence-electron chi connectivity index (χ1n) is 3.96. The van der Waals surface area contributed by atoms with Gasteiger partial charge in [-0.15, -0.1) is 5.11 Å². The van der Waals surface area contributed by atoms with Crippen LogP contribution >= 0.6 is 11.8 Å². The molecule has 1 aromatic rings. The van der Waals surface area contributed by atoms with Crippen LogP contribution in [-0.2, 0) is 12.4 Å². The lowest BCUT2D eigenvalue weighted by molar-refractivity contribution is -0.143. The molecule has 0 atom stereocenters. The van der Waals surface area contributed by atoms with Crippen LogP contribution in [0.15, 0.2) is 27.9 Å². The van der Waals surface area contributed by atoms with Crippen molar-refractivity contribution in [3.8, 4) is 0 Å². The zero-order valence-corrected chi connectivity index (χ0v) is 8.53. The second-order valence-electron chi connectivity index (χ2n) is 2.94. The molecule has 0 aliphatic rings. The van der Waals surface area contributed by atoms with E-state index >= 15 is 0 Å². The number of benzene rings is 1. The van der Waals surface area contributed by atoms with Crippen molar-refractivity contribution in [2.24, 2.45) is 9.75 Å². The van der Waals surface area contributed by atoms with Crippen molar-refractivity contribution in [1.29, 1.82) is 0 Å². The van der Waals surface area contributed by atoms with E-state index in [1.54, 1.807) is 0 Å². The van der Waals surface area contributed by atoms with Crippen LogP contribution in [-0.4, -0.2) is 0 Å². The van der Waals surface area contributed by atoms with Crippen molar-refractivity contribution in [3.63, 3.8) is 0 Å². The molecule has 0 amide bonds. The van der Waals surface area contributed by atoms with Gasteiger partial charge in [-0.2, -0.15) is 26.3 Å². The van der Waals surface area contributed by atoms with Crippen LogP contribution in [0.1, 0.15) is 11.1 Å². The molecule has 17 heavy (non-hydrogen) atoms. The predicted molar refractivity (Wildman–Crippen MR) is 46.8 cm³/mol. The number of nitrogens with zero attached hydrogens (tertiary/aromatic N) is 2. The molecule has 0 aromatic heterocycles. The van der Waals surface area contributed by atoms with Gasteiger partial charge >= 0.3 is 12.4 Å². The van der Waals surface area contributed by atoms with E-state index in [2.05, 4.69) is 9.75 Å². The number of hydrogen-bond acceptors (Lipinski definition) is 2. The molecule has 0 saturated heterocycles. The SMILES string of the molecule is FC(F)(F)c1cc(N=NCl)cc(C(F)(F)F)c1. The molecule has 0 aliphatic heterocycles. The summed E-state index contributed by atoms with van der Waals surface area (Å²) in [6.45, 7) is 0. The van der Waals surface area contributed by atoms with Crippen LogP contribution in [0.4, 0.5) is 32.0 Å². The average molecular weight is 277 g/mol. The maximum Gasteiger partial charge on any atom is 0.416 e. The van der Waals surface area contributed by atoms with E-state index < -0.39 is 29.2 Å². The lowest BCUT2D eigenvalue weighted by Crippen LogP contribution is -2.10. The summed E-state index contributed by atoms with van der Waals surface area (Å²) in [5.74, 6) is 0. The van der Waals surface area contributed by atoms with E-state index in [1.165, 1.54) is 0 Å². The summed E-state index contributed by atoms with van der Waals surface area (Å²) in [6, 6.07) is 0.829. The Morgan fingerprint density at radius 2 is 1.24 bits per heavy atom. The summed E-state index contributed by atoms with van der Waals surface area (Å²) < 4.78 is 76.4. The van der Waals surface area contributed by atoms with E-state index in [-0.39, 0.29) is 6.07 Å². The van der Waals surface area contributed by atoms with E-state index in [0.717, 1.165) is 0 Å². The molecular formula is C8H3ClF6N2. The summed E-state index contributed by atoms with van der Waals surface area (Å²) in [5, 5.41) is 2.95. The highest BCUT2D eigenvalue weighted by atomic mass is 35.5. The fourth-order valence-corrected chi connectivity index (χ4v) is 1.13. The minimum Gasteiger partial charge on any atom is -0.166 e. The van der Waals surface area contributed by atoms with Gasteiger partial charge in [0.05, 0.1) is 28.6 Å². The van der Waals surface area contributed by atoms with E-state index in [1.807, 2.05) is 0 Å².